The van der Waals surface area contributed by atoms with E-state index >= 15 is 0 Å². The van der Waals surface area contributed by atoms with Crippen LogP contribution < -0.4 is 10.5 Å². The van der Waals surface area contributed by atoms with E-state index in [2.05, 4.69) is 5.16 Å². The lowest BCUT2D eigenvalue weighted by Crippen LogP contribution is -2.33. The Bertz CT molecular complexity index is 480. The van der Waals surface area contributed by atoms with E-state index in [4.69, 9.17) is 15.7 Å². The topological polar surface area (TPSA) is 88.2 Å². The molecule has 0 heterocycles. The summed E-state index contributed by atoms with van der Waals surface area (Å²) in [5, 5.41) is 11.4. The molecule has 0 unspecified atom stereocenters. The lowest BCUT2D eigenvalue weighted by molar-refractivity contribution is -0.132. The highest BCUT2D eigenvalue weighted by molar-refractivity contribution is 5.97. The normalized spacial score (nSPS) is 15.1. The lowest BCUT2D eigenvalue weighted by Gasteiger charge is -2.16. The molecule has 0 atom stereocenters. The summed E-state index contributed by atoms with van der Waals surface area (Å²) in [4.78, 5) is 13.5. The van der Waals surface area contributed by atoms with Crippen LogP contribution in [0.1, 0.15) is 18.4 Å². The average molecular weight is 263 g/mol. The second-order valence-electron chi connectivity index (χ2n) is 4.53. The van der Waals surface area contributed by atoms with Gasteiger partial charge in [0.2, 0.25) is 0 Å². The van der Waals surface area contributed by atoms with E-state index in [0.29, 0.717) is 17.4 Å². The second-order valence-corrected chi connectivity index (χ2v) is 4.53. The number of nitrogens with zero attached hydrogens (tertiary/aromatic N) is 2. The number of carbonyl (C=O) groups is 1. The highest BCUT2D eigenvalue weighted by Gasteiger charge is 2.29. The van der Waals surface area contributed by atoms with Gasteiger partial charge in [-0.1, -0.05) is 5.16 Å². The van der Waals surface area contributed by atoms with Crippen LogP contribution >= 0.6 is 0 Å². The largest absolute Gasteiger partial charge is 0.484 e. The van der Waals surface area contributed by atoms with Gasteiger partial charge in [0.15, 0.2) is 12.4 Å². The molecule has 19 heavy (non-hydrogen) atoms. The molecule has 0 spiro atoms. The van der Waals surface area contributed by atoms with Gasteiger partial charge in [0.05, 0.1) is 0 Å². The summed E-state index contributed by atoms with van der Waals surface area (Å²) in [6.07, 6.45) is 2.16. The lowest BCUT2D eigenvalue weighted by atomic mass is 10.2. The Kier molecular flexibility index (Phi) is 3.89. The van der Waals surface area contributed by atoms with Crippen molar-refractivity contribution in [2.45, 2.75) is 18.9 Å². The van der Waals surface area contributed by atoms with E-state index in [1.807, 2.05) is 0 Å². The van der Waals surface area contributed by atoms with Crippen molar-refractivity contribution in [2.24, 2.45) is 10.9 Å². The predicted molar refractivity (Wildman–Crippen MR) is 70.2 cm³/mol. The highest BCUT2D eigenvalue weighted by atomic mass is 16.5. The molecule has 0 saturated heterocycles. The van der Waals surface area contributed by atoms with Crippen LogP contribution in [0, 0.1) is 0 Å². The first kappa shape index (κ1) is 13.2. The minimum Gasteiger partial charge on any atom is -0.484 e. The first-order valence-corrected chi connectivity index (χ1v) is 6.08. The quantitative estimate of drug-likeness (QED) is 0.355. The molecule has 0 aromatic heterocycles. The number of benzene rings is 1. The molecule has 0 aliphatic heterocycles. The van der Waals surface area contributed by atoms with Gasteiger partial charge in [-0.25, -0.2) is 0 Å². The number of nitrogens with two attached hydrogens (primary N) is 1. The van der Waals surface area contributed by atoms with Gasteiger partial charge >= 0.3 is 0 Å². The molecular weight excluding hydrogens is 246 g/mol. The van der Waals surface area contributed by atoms with Crippen molar-refractivity contribution < 1.29 is 14.7 Å². The van der Waals surface area contributed by atoms with Gasteiger partial charge in [-0.2, -0.15) is 0 Å². The number of amides is 1. The summed E-state index contributed by atoms with van der Waals surface area (Å²) in [5.74, 6) is 0.589. The zero-order valence-corrected chi connectivity index (χ0v) is 10.7. The molecule has 1 aromatic carbocycles. The summed E-state index contributed by atoms with van der Waals surface area (Å²) in [6, 6.07) is 7.08. The molecule has 1 fully saturated rings. The molecule has 1 aliphatic carbocycles. The number of hydrogen-bond donors (Lipinski definition) is 2. The number of amidine groups is 1. The molecular formula is C13H17N3O3. The molecule has 6 heteroatoms. The van der Waals surface area contributed by atoms with Gasteiger partial charge in [0.1, 0.15) is 5.75 Å². The Balaban J connectivity index is 1.87. The van der Waals surface area contributed by atoms with Crippen molar-refractivity contribution in [3.63, 3.8) is 0 Å². The minimum absolute atomic E-state index is 0.0237. The molecule has 1 aromatic rings. The Morgan fingerprint density at radius 1 is 1.47 bits per heavy atom. The van der Waals surface area contributed by atoms with Gasteiger partial charge in [-0.15, -0.1) is 0 Å². The molecule has 1 saturated carbocycles. The van der Waals surface area contributed by atoms with Gasteiger partial charge in [0, 0.05) is 18.7 Å². The van der Waals surface area contributed by atoms with Crippen molar-refractivity contribution in [3.05, 3.63) is 29.8 Å². The van der Waals surface area contributed by atoms with Crippen LogP contribution in [0.15, 0.2) is 29.4 Å². The van der Waals surface area contributed by atoms with Crippen LogP contribution in [0.3, 0.4) is 0 Å². The van der Waals surface area contributed by atoms with E-state index in [0.717, 1.165) is 12.8 Å². The highest BCUT2D eigenvalue weighted by Crippen LogP contribution is 2.25. The van der Waals surface area contributed by atoms with Gasteiger partial charge in [0.25, 0.3) is 5.91 Å². The van der Waals surface area contributed by atoms with E-state index in [1.165, 1.54) is 0 Å². The Hall–Kier alpha value is -2.24. The van der Waals surface area contributed by atoms with Crippen molar-refractivity contribution in [1.82, 2.24) is 4.90 Å². The number of ether oxygens (including phenoxy) is 1. The van der Waals surface area contributed by atoms with Crippen molar-refractivity contribution >= 4 is 11.7 Å². The molecule has 2 rings (SSSR count). The number of rotatable bonds is 5. The smallest absolute Gasteiger partial charge is 0.260 e. The monoisotopic (exact) mass is 263 g/mol. The second kappa shape index (κ2) is 5.60. The van der Waals surface area contributed by atoms with Crippen molar-refractivity contribution in [1.29, 1.82) is 0 Å². The van der Waals surface area contributed by atoms with E-state index in [1.54, 1.807) is 36.2 Å². The molecule has 102 valence electrons. The maximum Gasteiger partial charge on any atom is 0.260 e. The Morgan fingerprint density at radius 2 is 2.11 bits per heavy atom. The average Bonchev–Trinajstić information content (AvgIpc) is 3.28. The SMILES string of the molecule is CN(C(=O)COc1ccc(/C(N)=N/O)cc1)C1CC1. The standard InChI is InChI=1S/C13H17N3O3/c1-16(10-4-5-10)12(17)8-19-11-6-2-9(3-7-11)13(14)15-18/h2-3,6-7,10,18H,4-5,8H2,1H3,(H2,14,15). The third-order valence-electron chi connectivity index (χ3n) is 3.11. The Labute approximate surface area is 111 Å². The predicted octanol–water partition coefficient (Wildman–Crippen LogP) is 0.781. The molecule has 1 aliphatic rings. The first-order chi connectivity index (χ1) is 9.11. The molecule has 1 amide bonds. The summed E-state index contributed by atoms with van der Waals surface area (Å²) < 4.78 is 5.40. The summed E-state index contributed by atoms with van der Waals surface area (Å²) in [6.45, 7) is 0.0237. The van der Waals surface area contributed by atoms with Crippen LogP contribution in [0.5, 0.6) is 5.75 Å². The van der Waals surface area contributed by atoms with Crippen LogP contribution in [-0.2, 0) is 4.79 Å². The van der Waals surface area contributed by atoms with E-state index < -0.39 is 0 Å². The zero-order chi connectivity index (χ0) is 13.8. The molecule has 0 radical (unpaired) electrons. The third kappa shape index (κ3) is 3.37. The molecule has 6 nitrogen and oxygen atoms in total. The maximum atomic E-state index is 11.7. The van der Waals surface area contributed by atoms with Gasteiger partial charge in [-0.05, 0) is 37.1 Å². The fourth-order valence-electron chi connectivity index (χ4n) is 1.69. The maximum absolute atomic E-state index is 11.7. The van der Waals surface area contributed by atoms with E-state index in [-0.39, 0.29) is 18.3 Å². The number of oxime groups is 1. The van der Waals surface area contributed by atoms with Gasteiger partial charge < -0.3 is 20.6 Å². The summed E-state index contributed by atoms with van der Waals surface area (Å²) in [7, 11) is 1.80. The fraction of sp³-hybridized carbons (Fsp3) is 0.385. The first-order valence-electron chi connectivity index (χ1n) is 6.08. The number of likely N-dealkylation sites (N-methyl/N-ethyl adjacent to an activating group) is 1. The van der Waals surface area contributed by atoms with Crippen LogP contribution in [-0.4, -0.2) is 41.5 Å². The number of hydrogen-bond acceptors (Lipinski definition) is 4. The van der Waals surface area contributed by atoms with Gasteiger partial charge in [-0.3, -0.25) is 4.79 Å². The molecule has 3 N–H and O–H groups in total. The van der Waals surface area contributed by atoms with E-state index in [9.17, 15) is 4.79 Å². The number of carbonyl (C=O) groups excluding carboxylic acids is 1. The fourth-order valence-corrected chi connectivity index (χ4v) is 1.69. The van der Waals surface area contributed by atoms with Crippen LogP contribution in [0.2, 0.25) is 0 Å². The minimum atomic E-state index is -0.0250. The van der Waals surface area contributed by atoms with Crippen LogP contribution in [0.4, 0.5) is 0 Å². The summed E-state index contributed by atoms with van der Waals surface area (Å²) >= 11 is 0. The van der Waals surface area contributed by atoms with Crippen molar-refractivity contribution in [2.75, 3.05) is 13.7 Å². The summed E-state index contributed by atoms with van der Waals surface area (Å²) in [5.41, 5.74) is 6.04. The Morgan fingerprint density at radius 3 is 2.63 bits per heavy atom. The third-order valence-corrected chi connectivity index (χ3v) is 3.11. The van der Waals surface area contributed by atoms with Crippen LogP contribution in [0.25, 0.3) is 0 Å². The molecule has 0 bridgehead atoms. The zero-order valence-electron chi connectivity index (χ0n) is 10.7. The van der Waals surface area contributed by atoms with Crippen molar-refractivity contribution in [3.8, 4) is 5.75 Å².